The molecular formula is C47H56. The van der Waals surface area contributed by atoms with Gasteiger partial charge in [0.05, 0.1) is 0 Å². The number of hydrogen-bond acceptors (Lipinski definition) is 0. The molecule has 0 radical (unpaired) electrons. The number of hydrogen-bond donors (Lipinski definition) is 0. The quantitative estimate of drug-likeness (QED) is 0.187. The molecule has 5 aromatic rings. The second-order valence-corrected chi connectivity index (χ2v) is 13.3. The van der Waals surface area contributed by atoms with Crippen molar-refractivity contribution in [2.75, 3.05) is 0 Å². The van der Waals surface area contributed by atoms with Gasteiger partial charge in [-0.3, -0.25) is 0 Å². The number of aryl methyl sites for hydroxylation is 4. The van der Waals surface area contributed by atoms with E-state index in [9.17, 15) is 0 Å². The second-order valence-electron chi connectivity index (χ2n) is 13.3. The molecule has 47 heavy (non-hydrogen) atoms. The summed E-state index contributed by atoms with van der Waals surface area (Å²) in [5.41, 5.74) is 17.3. The highest BCUT2D eigenvalue weighted by Crippen LogP contribution is 2.49. The molecule has 0 aliphatic heterocycles. The SMILES string of the molecule is C=Cc1c(CCC)c2c(c3cc(CC)ccc13)C=CCC2.CC.Cc1ccc2c(c1)C(C)(C)c1cc(C)ccc1-2.Cc1ccccc1. The van der Waals surface area contributed by atoms with E-state index in [0.29, 0.717) is 0 Å². The van der Waals surface area contributed by atoms with Gasteiger partial charge in [0.25, 0.3) is 0 Å². The van der Waals surface area contributed by atoms with Crippen LogP contribution in [0.4, 0.5) is 0 Å². The summed E-state index contributed by atoms with van der Waals surface area (Å²) in [6.45, 7) is 23.7. The molecule has 7 rings (SSSR count). The van der Waals surface area contributed by atoms with Gasteiger partial charge < -0.3 is 0 Å². The molecule has 0 N–H and O–H groups in total. The molecule has 0 heteroatoms. The molecule has 0 atom stereocenters. The van der Waals surface area contributed by atoms with Gasteiger partial charge in [0.1, 0.15) is 0 Å². The molecule has 0 aromatic heterocycles. The molecule has 0 nitrogen and oxygen atoms in total. The predicted molar refractivity (Wildman–Crippen MR) is 211 cm³/mol. The highest BCUT2D eigenvalue weighted by atomic mass is 14.4. The highest BCUT2D eigenvalue weighted by molar-refractivity contribution is 5.99. The number of benzene rings is 5. The lowest BCUT2D eigenvalue weighted by Crippen LogP contribution is -2.15. The maximum atomic E-state index is 4.10. The van der Waals surface area contributed by atoms with E-state index >= 15 is 0 Å². The molecule has 0 saturated heterocycles. The van der Waals surface area contributed by atoms with Gasteiger partial charge in [0.15, 0.2) is 0 Å². The zero-order valence-electron chi connectivity index (χ0n) is 30.6. The second kappa shape index (κ2) is 16.1. The molecule has 0 amide bonds. The first kappa shape index (κ1) is 35.7. The van der Waals surface area contributed by atoms with Crippen LogP contribution in [0.1, 0.15) is 110 Å². The summed E-state index contributed by atoms with van der Waals surface area (Å²) in [7, 11) is 0. The lowest BCUT2D eigenvalue weighted by molar-refractivity contribution is 0.659. The summed E-state index contributed by atoms with van der Waals surface area (Å²) in [5.74, 6) is 0. The molecule has 0 saturated carbocycles. The summed E-state index contributed by atoms with van der Waals surface area (Å²) < 4.78 is 0. The molecule has 2 aliphatic rings. The van der Waals surface area contributed by atoms with Crippen LogP contribution in [-0.4, -0.2) is 0 Å². The average molecular weight is 621 g/mol. The van der Waals surface area contributed by atoms with Crippen molar-refractivity contribution in [3.05, 3.63) is 153 Å². The van der Waals surface area contributed by atoms with Crippen LogP contribution in [0.2, 0.25) is 0 Å². The van der Waals surface area contributed by atoms with Crippen molar-refractivity contribution in [3.8, 4) is 11.1 Å². The van der Waals surface area contributed by atoms with Crippen molar-refractivity contribution < 1.29 is 0 Å². The Balaban J connectivity index is 0.000000172. The fraction of sp³-hybridized carbons (Fsp3) is 0.319. The van der Waals surface area contributed by atoms with Gasteiger partial charge in [0, 0.05) is 5.41 Å². The maximum absolute atomic E-state index is 4.10. The molecule has 0 spiro atoms. The van der Waals surface area contributed by atoms with Gasteiger partial charge in [-0.25, -0.2) is 0 Å². The van der Waals surface area contributed by atoms with Gasteiger partial charge in [0.2, 0.25) is 0 Å². The van der Waals surface area contributed by atoms with Crippen molar-refractivity contribution >= 4 is 22.9 Å². The van der Waals surface area contributed by atoms with Crippen molar-refractivity contribution in [2.45, 2.75) is 99.8 Å². The first-order valence-electron chi connectivity index (χ1n) is 17.8. The fourth-order valence-electron chi connectivity index (χ4n) is 7.09. The van der Waals surface area contributed by atoms with Crippen LogP contribution < -0.4 is 0 Å². The Bertz CT molecular complexity index is 1790. The molecule has 0 unspecified atom stereocenters. The van der Waals surface area contributed by atoms with E-state index in [2.05, 4.69) is 140 Å². The Hall–Kier alpha value is -4.16. The number of rotatable bonds is 4. The van der Waals surface area contributed by atoms with Crippen molar-refractivity contribution in [3.63, 3.8) is 0 Å². The van der Waals surface area contributed by atoms with Gasteiger partial charge in [-0.15, -0.1) is 0 Å². The lowest BCUT2D eigenvalue weighted by atomic mass is 9.81. The van der Waals surface area contributed by atoms with Gasteiger partial charge in [-0.2, -0.15) is 0 Å². The smallest absolute Gasteiger partial charge is 0.0159 e. The van der Waals surface area contributed by atoms with Crippen molar-refractivity contribution in [2.24, 2.45) is 0 Å². The summed E-state index contributed by atoms with van der Waals surface area (Å²) in [4.78, 5) is 0. The van der Waals surface area contributed by atoms with E-state index in [0.717, 1.165) is 12.8 Å². The lowest BCUT2D eigenvalue weighted by Gasteiger charge is -2.22. The Kier molecular flexibility index (Phi) is 12.2. The average Bonchev–Trinajstić information content (AvgIpc) is 3.31. The van der Waals surface area contributed by atoms with E-state index in [1.165, 1.54) is 91.2 Å². The van der Waals surface area contributed by atoms with Crippen molar-refractivity contribution in [1.82, 2.24) is 0 Å². The molecule has 5 aromatic carbocycles. The zero-order valence-corrected chi connectivity index (χ0v) is 30.6. The molecule has 0 bridgehead atoms. The van der Waals surface area contributed by atoms with Gasteiger partial charge >= 0.3 is 0 Å². The first-order chi connectivity index (χ1) is 22.7. The zero-order chi connectivity index (χ0) is 34.1. The minimum atomic E-state index is 0.142. The molecule has 2 aliphatic carbocycles. The molecule has 0 fully saturated rings. The minimum Gasteiger partial charge on any atom is -0.0984 e. The van der Waals surface area contributed by atoms with E-state index < -0.39 is 0 Å². The summed E-state index contributed by atoms with van der Waals surface area (Å²) in [6.07, 6.45) is 12.5. The Labute approximate surface area is 286 Å². The maximum Gasteiger partial charge on any atom is 0.0159 e. The van der Waals surface area contributed by atoms with E-state index in [4.69, 9.17) is 0 Å². The molecule has 244 valence electrons. The van der Waals surface area contributed by atoms with Gasteiger partial charge in [-0.1, -0.05) is 174 Å². The summed E-state index contributed by atoms with van der Waals surface area (Å²) in [6, 6.07) is 30.9. The highest BCUT2D eigenvalue weighted by Gasteiger charge is 2.35. The van der Waals surface area contributed by atoms with Crippen LogP contribution in [0.3, 0.4) is 0 Å². The third-order valence-corrected chi connectivity index (χ3v) is 9.56. The normalized spacial score (nSPS) is 13.0. The molecule has 0 heterocycles. The monoisotopic (exact) mass is 620 g/mol. The van der Waals surface area contributed by atoms with Crippen LogP contribution in [0.5, 0.6) is 0 Å². The van der Waals surface area contributed by atoms with Crippen LogP contribution in [0, 0.1) is 20.8 Å². The van der Waals surface area contributed by atoms with E-state index in [1.807, 2.05) is 32.0 Å². The van der Waals surface area contributed by atoms with Crippen LogP contribution >= 0.6 is 0 Å². The Morgan fingerprint density at radius 2 is 1.34 bits per heavy atom. The van der Waals surface area contributed by atoms with Crippen molar-refractivity contribution in [1.29, 1.82) is 0 Å². The Morgan fingerprint density at radius 1 is 0.723 bits per heavy atom. The number of fused-ring (bicyclic) bond motifs is 6. The minimum absolute atomic E-state index is 0.142. The third kappa shape index (κ3) is 7.70. The van der Waals surface area contributed by atoms with E-state index in [-0.39, 0.29) is 5.41 Å². The van der Waals surface area contributed by atoms with Crippen LogP contribution in [-0.2, 0) is 24.7 Å². The summed E-state index contributed by atoms with van der Waals surface area (Å²) >= 11 is 0. The van der Waals surface area contributed by atoms with E-state index in [1.54, 1.807) is 5.56 Å². The topological polar surface area (TPSA) is 0 Å². The predicted octanol–water partition coefficient (Wildman–Crippen LogP) is 13.6. The Morgan fingerprint density at radius 3 is 1.85 bits per heavy atom. The standard InChI is InChI=1S/C21H24.C17H18.C7H8.C2H6/c1-4-9-17-16(6-3)20-13-12-15(5-2)14-21(20)19-11-8-7-10-18(17)19;1-11-5-7-13-14-8-6-12(2)10-16(14)17(3,4)15(13)9-11;1-7-5-3-2-4-6-7;1-2/h6,8,11-14H,3-5,7,9-10H2,1-2H3;5-10H,1-4H3;2-6H,1H3;1-2H3. The largest absolute Gasteiger partial charge is 0.0984 e. The third-order valence-electron chi connectivity index (χ3n) is 9.56. The van der Waals surface area contributed by atoms with Gasteiger partial charge in [-0.05, 0) is 107 Å². The first-order valence-corrected chi connectivity index (χ1v) is 17.8. The summed E-state index contributed by atoms with van der Waals surface area (Å²) in [5, 5.41) is 2.78. The fourth-order valence-corrected chi connectivity index (χ4v) is 7.09. The van der Waals surface area contributed by atoms with Crippen LogP contribution in [0.15, 0.2) is 97.6 Å². The van der Waals surface area contributed by atoms with Crippen LogP contribution in [0.25, 0.3) is 34.1 Å². The molecular weight excluding hydrogens is 565 g/mol. The number of allylic oxidation sites excluding steroid dienone is 1.